The molecule has 0 saturated carbocycles. The van der Waals surface area contributed by atoms with Crippen LogP contribution in [0.5, 0.6) is 0 Å². The van der Waals surface area contributed by atoms with Gasteiger partial charge in [-0.3, -0.25) is 0 Å². The van der Waals surface area contributed by atoms with Crippen LogP contribution in [0.1, 0.15) is 5.69 Å². The summed E-state index contributed by atoms with van der Waals surface area (Å²) in [6.07, 6.45) is 1.71. The molecule has 0 radical (unpaired) electrons. The molecule has 0 bridgehead atoms. The number of nitrogens with zero attached hydrogens (tertiary/aromatic N) is 4. The maximum absolute atomic E-state index is 5.72. The Kier molecular flexibility index (Phi) is 4.40. The lowest BCUT2D eigenvalue weighted by Gasteiger charge is -2.29. The van der Waals surface area contributed by atoms with Gasteiger partial charge in [0.25, 0.3) is 0 Å². The summed E-state index contributed by atoms with van der Waals surface area (Å²) in [6.45, 7) is 6.03. The quantitative estimate of drug-likeness (QED) is 0.569. The maximum atomic E-state index is 5.72. The number of piperazine rings is 1. The van der Waals surface area contributed by atoms with E-state index in [0.717, 1.165) is 48.9 Å². The average molecular weight is 350 g/mol. The number of nitrogens with one attached hydrogen (secondary N) is 3. The number of benzene rings is 1. The van der Waals surface area contributed by atoms with E-state index in [1.165, 1.54) is 5.69 Å². The van der Waals surface area contributed by atoms with Crippen LogP contribution in [0, 0.1) is 6.92 Å². The number of nitrogens with two attached hydrogens (primary N) is 1. The van der Waals surface area contributed by atoms with Gasteiger partial charge in [0.15, 0.2) is 5.95 Å². The van der Waals surface area contributed by atoms with E-state index in [4.69, 9.17) is 5.73 Å². The molecule has 0 unspecified atom stereocenters. The van der Waals surface area contributed by atoms with Crippen LogP contribution in [-0.4, -0.2) is 46.1 Å². The first-order chi connectivity index (χ1) is 12.7. The third kappa shape index (κ3) is 3.45. The van der Waals surface area contributed by atoms with E-state index in [1.54, 1.807) is 6.20 Å². The fraction of sp³-hybridized carbons (Fsp3) is 0.278. The summed E-state index contributed by atoms with van der Waals surface area (Å²) >= 11 is 0. The Morgan fingerprint density at radius 3 is 2.54 bits per heavy atom. The van der Waals surface area contributed by atoms with Crippen molar-refractivity contribution in [3.63, 3.8) is 0 Å². The molecule has 0 amide bonds. The minimum atomic E-state index is 0.383. The van der Waals surface area contributed by atoms with Gasteiger partial charge in [-0.25, -0.2) is 15.0 Å². The van der Waals surface area contributed by atoms with Gasteiger partial charge in [0.05, 0.1) is 5.69 Å². The molecule has 8 heteroatoms. The molecule has 1 aliphatic heterocycles. The molecule has 2 aromatic heterocycles. The molecule has 26 heavy (non-hydrogen) atoms. The average Bonchev–Trinajstić information content (AvgIpc) is 3.01. The first-order valence-corrected chi connectivity index (χ1v) is 8.67. The molecule has 0 aliphatic carbocycles. The summed E-state index contributed by atoms with van der Waals surface area (Å²) in [5, 5.41) is 6.62. The zero-order chi connectivity index (χ0) is 17.9. The zero-order valence-electron chi connectivity index (χ0n) is 14.7. The van der Waals surface area contributed by atoms with Crippen LogP contribution in [0.4, 0.5) is 23.3 Å². The molecule has 134 valence electrons. The maximum Gasteiger partial charge on any atom is 0.227 e. The van der Waals surface area contributed by atoms with Crippen molar-refractivity contribution in [2.24, 2.45) is 0 Å². The van der Waals surface area contributed by atoms with Crippen LogP contribution < -0.4 is 21.3 Å². The van der Waals surface area contributed by atoms with Gasteiger partial charge in [-0.1, -0.05) is 0 Å². The Morgan fingerprint density at radius 1 is 1.08 bits per heavy atom. The fourth-order valence-corrected chi connectivity index (χ4v) is 3.09. The smallest absolute Gasteiger partial charge is 0.227 e. The van der Waals surface area contributed by atoms with Gasteiger partial charge in [0, 0.05) is 49.4 Å². The van der Waals surface area contributed by atoms with Crippen molar-refractivity contribution in [2.45, 2.75) is 6.92 Å². The molecule has 0 spiro atoms. The normalized spacial score (nSPS) is 14.4. The van der Waals surface area contributed by atoms with Crippen LogP contribution in [0.2, 0.25) is 0 Å². The number of H-pyrrole nitrogens is 1. The van der Waals surface area contributed by atoms with E-state index in [-0.39, 0.29) is 0 Å². The monoisotopic (exact) mass is 350 g/mol. The van der Waals surface area contributed by atoms with Gasteiger partial charge in [0.1, 0.15) is 5.69 Å². The summed E-state index contributed by atoms with van der Waals surface area (Å²) in [7, 11) is 0. The second-order valence-electron chi connectivity index (χ2n) is 6.27. The Bertz CT molecular complexity index is 880. The number of hydrogen-bond donors (Lipinski definition) is 4. The minimum Gasteiger partial charge on any atom is -0.369 e. The zero-order valence-corrected chi connectivity index (χ0v) is 14.7. The van der Waals surface area contributed by atoms with Crippen LogP contribution in [-0.2, 0) is 0 Å². The van der Waals surface area contributed by atoms with Gasteiger partial charge < -0.3 is 26.3 Å². The summed E-state index contributed by atoms with van der Waals surface area (Å²) in [4.78, 5) is 18.5. The molecule has 3 heterocycles. The number of hydrogen-bond acceptors (Lipinski definition) is 7. The van der Waals surface area contributed by atoms with Gasteiger partial charge in [0.2, 0.25) is 5.95 Å². The molecule has 1 saturated heterocycles. The van der Waals surface area contributed by atoms with Crippen molar-refractivity contribution >= 4 is 23.3 Å². The number of aryl methyl sites for hydroxylation is 1. The number of aromatic amines is 1. The van der Waals surface area contributed by atoms with Gasteiger partial charge in [-0.2, -0.15) is 0 Å². The third-order valence-electron chi connectivity index (χ3n) is 4.41. The summed E-state index contributed by atoms with van der Waals surface area (Å²) in [5.74, 6) is 0.910. The predicted octanol–water partition coefficient (Wildman–Crippen LogP) is 1.91. The van der Waals surface area contributed by atoms with Gasteiger partial charge in [-0.05, 0) is 37.3 Å². The second kappa shape index (κ2) is 7.01. The lowest BCUT2D eigenvalue weighted by Crippen LogP contribution is -2.43. The molecule has 5 N–H and O–H groups in total. The highest BCUT2D eigenvalue weighted by Crippen LogP contribution is 2.23. The van der Waals surface area contributed by atoms with Crippen LogP contribution in [0.25, 0.3) is 11.4 Å². The number of nitrogen functional groups attached to an aromatic ring is 1. The van der Waals surface area contributed by atoms with Crippen molar-refractivity contribution < 1.29 is 0 Å². The van der Waals surface area contributed by atoms with Crippen LogP contribution in [0.3, 0.4) is 0 Å². The van der Waals surface area contributed by atoms with E-state index in [0.29, 0.717) is 11.9 Å². The molecule has 0 atom stereocenters. The van der Waals surface area contributed by atoms with Gasteiger partial charge >= 0.3 is 0 Å². The third-order valence-corrected chi connectivity index (χ3v) is 4.41. The molecule has 3 aromatic rings. The number of imidazole rings is 1. The van der Waals surface area contributed by atoms with E-state index in [1.807, 2.05) is 25.1 Å². The SMILES string of the molecule is Cc1[nH]c(N)nc1-c1ccnc(Nc2ccc(N3CCNCC3)cc2)n1. The molecule has 4 rings (SSSR count). The van der Waals surface area contributed by atoms with Crippen molar-refractivity contribution in [3.8, 4) is 11.4 Å². The number of aromatic nitrogens is 4. The van der Waals surface area contributed by atoms with E-state index in [2.05, 4.69) is 47.6 Å². The first-order valence-electron chi connectivity index (χ1n) is 8.67. The van der Waals surface area contributed by atoms with E-state index in [9.17, 15) is 0 Å². The number of rotatable bonds is 4. The Hall–Kier alpha value is -3.13. The molecule has 1 aromatic carbocycles. The number of anilines is 4. The van der Waals surface area contributed by atoms with Crippen LogP contribution >= 0.6 is 0 Å². The second-order valence-corrected chi connectivity index (χ2v) is 6.27. The standard InChI is InChI=1S/C18H22N8/c1-12-16(25-17(19)22-12)15-6-7-21-18(24-15)23-13-2-4-14(5-3-13)26-10-8-20-9-11-26/h2-7,20H,8-11H2,1H3,(H3,19,22,25)(H,21,23,24). The van der Waals surface area contributed by atoms with Crippen molar-refractivity contribution in [3.05, 3.63) is 42.2 Å². The van der Waals surface area contributed by atoms with Crippen molar-refractivity contribution in [1.29, 1.82) is 0 Å². The predicted molar refractivity (Wildman–Crippen MR) is 104 cm³/mol. The molecule has 1 fully saturated rings. The van der Waals surface area contributed by atoms with E-state index < -0.39 is 0 Å². The fourth-order valence-electron chi connectivity index (χ4n) is 3.09. The summed E-state index contributed by atoms with van der Waals surface area (Å²) in [6, 6.07) is 10.2. The molecule has 8 nitrogen and oxygen atoms in total. The summed E-state index contributed by atoms with van der Waals surface area (Å²) < 4.78 is 0. The lowest BCUT2D eigenvalue weighted by molar-refractivity contribution is 0.589. The van der Waals surface area contributed by atoms with E-state index >= 15 is 0 Å². The Labute approximate surface area is 151 Å². The highest BCUT2D eigenvalue weighted by molar-refractivity contribution is 5.63. The molecule has 1 aliphatic rings. The highest BCUT2D eigenvalue weighted by Gasteiger charge is 2.11. The minimum absolute atomic E-state index is 0.383. The largest absolute Gasteiger partial charge is 0.369 e. The summed E-state index contributed by atoms with van der Waals surface area (Å²) in [5.41, 5.74) is 10.2. The topological polar surface area (TPSA) is 108 Å². The highest BCUT2D eigenvalue weighted by atomic mass is 15.2. The lowest BCUT2D eigenvalue weighted by atomic mass is 10.2. The molecular weight excluding hydrogens is 328 g/mol. The van der Waals surface area contributed by atoms with Crippen LogP contribution in [0.15, 0.2) is 36.5 Å². The Balaban J connectivity index is 1.50. The molecular formula is C18H22N8. The van der Waals surface area contributed by atoms with Crippen molar-refractivity contribution in [2.75, 3.05) is 42.1 Å². The van der Waals surface area contributed by atoms with Crippen molar-refractivity contribution in [1.82, 2.24) is 25.3 Å². The Morgan fingerprint density at radius 2 is 1.85 bits per heavy atom. The first kappa shape index (κ1) is 16.3. The van der Waals surface area contributed by atoms with Gasteiger partial charge in [-0.15, -0.1) is 0 Å².